The standard InChI is InChI=1S/C27H28N2O6/c1-10-11(2)25(33)20-14(23(10)31)6-13-19(17(20)9-30)16(8-28)18-7-15-21(22(13)29(18)4)26(34)27(35-5)12(3)24(15)32/h13,16-19,22,30H,6-7,9H2,1-5H3/t13-,16+,17?,18+,19?,22+/m1/s1. The van der Waals surface area contributed by atoms with E-state index in [2.05, 4.69) is 6.07 Å². The molecule has 0 spiro atoms. The second kappa shape index (κ2) is 7.94. The Kier molecular flexibility index (Phi) is 5.35. The lowest BCUT2D eigenvalue weighted by atomic mass is 9.53. The summed E-state index contributed by atoms with van der Waals surface area (Å²) in [5, 5.41) is 20.8. The lowest BCUT2D eigenvalue weighted by molar-refractivity contribution is -0.124. The average molecular weight is 477 g/mol. The molecule has 8 nitrogen and oxygen atoms in total. The SMILES string of the molecule is COC1=C(C)C(=O)C2=C(C1=O)[C@@H]1[C@@H]3CC4=C(C(=O)C(C)=C(C)C4=O)C(CO)C3[C@@H](C#N)[C@H](C2)N1C. The molecule has 5 rings (SSSR count). The zero-order valence-corrected chi connectivity index (χ0v) is 20.5. The summed E-state index contributed by atoms with van der Waals surface area (Å²) in [4.78, 5) is 55.5. The molecule has 2 heterocycles. The van der Waals surface area contributed by atoms with Crippen LogP contribution in [-0.2, 0) is 23.9 Å². The van der Waals surface area contributed by atoms with E-state index >= 15 is 0 Å². The molecule has 1 saturated heterocycles. The van der Waals surface area contributed by atoms with Gasteiger partial charge in [0.15, 0.2) is 23.1 Å². The van der Waals surface area contributed by atoms with E-state index in [1.807, 2.05) is 11.9 Å². The molecule has 2 bridgehead atoms. The lowest BCUT2D eigenvalue weighted by Gasteiger charge is -2.58. The molecule has 182 valence electrons. The number of aliphatic hydroxyl groups is 1. The fourth-order valence-corrected chi connectivity index (χ4v) is 7.27. The summed E-state index contributed by atoms with van der Waals surface area (Å²) in [6, 6.07) is 1.51. The van der Waals surface area contributed by atoms with Crippen LogP contribution in [-0.4, -0.2) is 66.0 Å². The van der Waals surface area contributed by atoms with Gasteiger partial charge in [0, 0.05) is 57.0 Å². The number of carbonyl (C=O) groups is 4. The number of ether oxygens (including phenoxy) is 1. The monoisotopic (exact) mass is 476 g/mol. The quantitative estimate of drug-likeness (QED) is 0.596. The average Bonchev–Trinajstić information content (AvgIpc) is 2.84. The van der Waals surface area contributed by atoms with E-state index in [-0.39, 0.29) is 60.0 Å². The number of fused-ring (bicyclic) bond motifs is 5. The highest BCUT2D eigenvalue weighted by Gasteiger charge is 2.60. The molecule has 0 aromatic heterocycles. The third kappa shape index (κ3) is 2.85. The van der Waals surface area contributed by atoms with Crippen molar-refractivity contribution in [3.63, 3.8) is 0 Å². The van der Waals surface area contributed by atoms with Gasteiger partial charge in [-0.2, -0.15) is 5.26 Å². The van der Waals surface area contributed by atoms with E-state index in [0.717, 1.165) is 0 Å². The van der Waals surface area contributed by atoms with Gasteiger partial charge in [-0.25, -0.2) is 0 Å². The maximum atomic E-state index is 13.6. The first-order valence-corrected chi connectivity index (χ1v) is 11.9. The van der Waals surface area contributed by atoms with Crippen molar-refractivity contribution in [2.24, 2.45) is 23.7 Å². The molecule has 6 atom stereocenters. The zero-order valence-electron chi connectivity index (χ0n) is 20.5. The Morgan fingerprint density at radius 3 is 2.14 bits per heavy atom. The third-order valence-electron chi connectivity index (χ3n) is 9.04. The number of hydrogen-bond donors (Lipinski definition) is 1. The van der Waals surface area contributed by atoms with Gasteiger partial charge >= 0.3 is 0 Å². The molecule has 0 aromatic carbocycles. The normalized spacial score (nSPS) is 35.2. The van der Waals surface area contributed by atoms with Crippen LogP contribution in [0.2, 0.25) is 0 Å². The minimum Gasteiger partial charge on any atom is -0.492 e. The Bertz CT molecular complexity index is 1290. The number of Topliss-reactive ketones (excluding diaryl/α,β-unsaturated/α-hetero) is 4. The Labute approximate surface area is 203 Å². The molecule has 3 aliphatic carbocycles. The molecule has 8 heteroatoms. The van der Waals surface area contributed by atoms with E-state index in [4.69, 9.17) is 4.74 Å². The minimum atomic E-state index is -0.692. The zero-order chi connectivity index (χ0) is 25.5. The van der Waals surface area contributed by atoms with E-state index < -0.39 is 29.7 Å². The van der Waals surface area contributed by atoms with Crippen LogP contribution in [0.1, 0.15) is 33.6 Å². The van der Waals surface area contributed by atoms with E-state index in [1.165, 1.54) is 7.11 Å². The van der Waals surface area contributed by atoms with Crippen LogP contribution in [0.5, 0.6) is 0 Å². The van der Waals surface area contributed by atoms with Gasteiger partial charge in [0.1, 0.15) is 0 Å². The number of ketones is 4. The number of carbonyl (C=O) groups excluding carboxylic acids is 4. The number of allylic oxidation sites excluding steroid dienone is 5. The number of hydrogen-bond acceptors (Lipinski definition) is 8. The molecular weight excluding hydrogens is 448 g/mol. The highest BCUT2D eigenvalue weighted by Crippen LogP contribution is 2.56. The van der Waals surface area contributed by atoms with Gasteiger partial charge in [-0.05, 0) is 52.5 Å². The Balaban J connectivity index is 1.72. The summed E-state index contributed by atoms with van der Waals surface area (Å²) in [6.45, 7) is 4.44. The molecule has 0 saturated carbocycles. The predicted octanol–water partition coefficient (Wildman–Crippen LogP) is 1.61. The predicted molar refractivity (Wildman–Crippen MR) is 123 cm³/mol. The molecule has 35 heavy (non-hydrogen) atoms. The third-order valence-corrected chi connectivity index (χ3v) is 9.04. The smallest absolute Gasteiger partial charge is 0.225 e. The van der Waals surface area contributed by atoms with Crippen molar-refractivity contribution >= 4 is 23.1 Å². The van der Waals surface area contributed by atoms with Crippen molar-refractivity contribution in [1.82, 2.24) is 4.90 Å². The number of likely N-dealkylation sites (N-methyl/N-ethyl adjacent to an activating group) is 1. The van der Waals surface area contributed by atoms with Gasteiger partial charge in [0.05, 0.1) is 25.7 Å². The molecular formula is C27H28N2O6. The summed E-state index contributed by atoms with van der Waals surface area (Å²) in [5.74, 6) is -3.17. The van der Waals surface area contributed by atoms with Crippen molar-refractivity contribution in [2.45, 2.75) is 45.7 Å². The maximum absolute atomic E-state index is 13.6. The fraction of sp³-hybridized carbons (Fsp3) is 0.519. The van der Waals surface area contributed by atoms with Gasteiger partial charge in [-0.1, -0.05) is 0 Å². The van der Waals surface area contributed by atoms with Crippen LogP contribution in [0.25, 0.3) is 0 Å². The molecule has 5 aliphatic rings. The number of nitriles is 1. The molecule has 2 aliphatic heterocycles. The van der Waals surface area contributed by atoms with Gasteiger partial charge in [-0.15, -0.1) is 0 Å². The number of aliphatic hydroxyl groups excluding tert-OH is 1. The van der Waals surface area contributed by atoms with Gasteiger partial charge < -0.3 is 9.84 Å². The van der Waals surface area contributed by atoms with Crippen LogP contribution in [0.4, 0.5) is 0 Å². The maximum Gasteiger partial charge on any atom is 0.225 e. The molecule has 2 unspecified atom stereocenters. The molecule has 0 radical (unpaired) electrons. The van der Waals surface area contributed by atoms with E-state index in [9.17, 15) is 29.5 Å². The van der Waals surface area contributed by atoms with Crippen molar-refractivity contribution in [3.8, 4) is 6.07 Å². The van der Waals surface area contributed by atoms with Crippen molar-refractivity contribution in [1.29, 1.82) is 5.26 Å². The van der Waals surface area contributed by atoms with Crippen LogP contribution >= 0.6 is 0 Å². The second-order valence-electron chi connectivity index (χ2n) is 10.3. The topological polar surface area (TPSA) is 125 Å². The van der Waals surface area contributed by atoms with Crippen LogP contribution in [0.15, 0.2) is 44.8 Å². The highest BCUT2D eigenvalue weighted by molar-refractivity contribution is 6.26. The van der Waals surface area contributed by atoms with Gasteiger partial charge in [0.2, 0.25) is 5.78 Å². The van der Waals surface area contributed by atoms with Gasteiger partial charge in [0.25, 0.3) is 0 Å². The number of piperidine rings is 1. The number of rotatable bonds is 2. The summed E-state index contributed by atoms with van der Waals surface area (Å²) >= 11 is 0. The van der Waals surface area contributed by atoms with Crippen LogP contribution < -0.4 is 0 Å². The lowest BCUT2D eigenvalue weighted by Crippen LogP contribution is -2.64. The number of nitrogens with zero attached hydrogens (tertiary/aromatic N) is 2. The first-order valence-electron chi connectivity index (χ1n) is 11.9. The highest BCUT2D eigenvalue weighted by atomic mass is 16.5. The first-order chi connectivity index (χ1) is 16.6. The van der Waals surface area contributed by atoms with Crippen LogP contribution in [0, 0.1) is 35.0 Å². The molecule has 1 fully saturated rings. The number of methoxy groups -OCH3 is 1. The summed E-state index contributed by atoms with van der Waals surface area (Å²) < 4.78 is 5.32. The Morgan fingerprint density at radius 2 is 1.54 bits per heavy atom. The van der Waals surface area contributed by atoms with E-state index in [1.54, 1.807) is 20.8 Å². The summed E-state index contributed by atoms with van der Waals surface area (Å²) in [6.07, 6.45) is 0.437. The molecule has 0 aromatic rings. The summed E-state index contributed by atoms with van der Waals surface area (Å²) in [7, 11) is 3.21. The van der Waals surface area contributed by atoms with Crippen molar-refractivity contribution < 1.29 is 29.0 Å². The first kappa shape index (κ1) is 23.6. The fourth-order valence-electron chi connectivity index (χ4n) is 7.27. The van der Waals surface area contributed by atoms with Crippen molar-refractivity contribution in [2.75, 3.05) is 20.8 Å². The molecule has 1 N–H and O–H groups in total. The van der Waals surface area contributed by atoms with Crippen LogP contribution in [0.3, 0.4) is 0 Å². The van der Waals surface area contributed by atoms with E-state index in [0.29, 0.717) is 33.4 Å². The minimum absolute atomic E-state index is 0.0207. The molecule has 0 amide bonds. The summed E-state index contributed by atoms with van der Waals surface area (Å²) in [5.41, 5.74) is 2.47. The largest absolute Gasteiger partial charge is 0.492 e. The van der Waals surface area contributed by atoms with Gasteiger partial charge in [-0.3, -0.25) is 24.1 Å². The second-order valence-corrected chi connectivity index (χ2v) is 10.3. The van der Waals surface area contributed by atoms with Crippen molar-refractivity contribution in [3.05, 3.63) is 44.8 Å². The Morgan fingerprint density at radius 1 is 0.943 bits per heavy atom. The Hall–Kier alpha value is -3.15.